The Hall–Kier alpha value is -1.25. The normalized spacial score (nSPS) is 10.5. The number of pyridine rings is 1. The van der Waals surface area contributed by atoms with Crippen molar-refractivity contribution in [2.24, 2.45) is 0 Å². The molecule has 0 atom stereocenters. The highest BCUT2D eigenvalue weighted by atomic mass is 32.2. The Kier molecular flexibility index (Phi) is 5.81. The van der Waals surface area contributed by atoms with E-state index in [1.54, 1.807) is 24.0 Å². The van der Waals surface area contributed by atoms with Crippen molar-refractivity contribution in [2.75, 3.05) is 31.1 Å². The maximum atomic E-state index is 8.86. The van der Waals surface area contributed by atoms with Crippen LogP contribution in [0, 0.1) is 11.3 Å². The second kappa shape index (κ2) is 7.15. The molecule has 1 rings (SSSR count). The summed E-state index contributed by atoms with van der Waals surface area (Å²) in [5, 5.41) is 9.62. The second-order valence-electron chi connectivity index (χ2n) is 3.56. The number of anilines is 1. The Morgan fingerprint density at radius 2 is 2.18 bits per heavy atom. The molecular weight excluding hydrogens is 232 g/mol. The summed E-state index contributed by atoms with van der Waals surface area (Å²) < 4.78 is 0. The van der Waals surface area contributed by atoms with Gasteiger partial charge in [0.2, 0.25) is 0 Å². The van der Waals surface area contributed by atoms with Crippen molar-refractivity contribution in [1.82, 2.24) is 9.88 Å². The molecule has 0 aliphatic rings. The zero-order valence-electron chi connectivity index (χ0n) is 10.3. The lowest BCUT2D eigenvalue weighted by Gasteiger charge is -2.17. The van der Waals surface area contributed by atoms with Gasteiger partial charge in [-0.15, -0.1) is 11.8 Å². The quantitative estimate of drug-likeness (QED) is 0.782. The minimum Gasteiger partial charge on any atom is -0.395 e. The summed E-state index contributed by atoms with van der Waals surface area (Å²) in [7, 11) is 0. The van der Waals surface area contributed by atoms with Crippen molar-refractivity contribution >= 4 is 17.4 Å². The number of rotatable bonds is 6. The van der Waals surface area contributed by atoms with E-state index in [1.807, 2.05) is 0 Å². The molecule has 0 radical (unpaired) electrons. The first-order chi connectivity index (χ1) is 8.22. The van der Waals surface area contributed by atoms with Crippen molar-refractivity contribution in [3.63, 3.8) is 0 Å². The predicted molar refractivity (Wildman–Crippen MR) is 71.9 cm³/mol. The molecule has 0 spiro atoms. The van der Waals surface area contributed by atoms with Gasteiger partial charge in [-0.1, -0.05) is 13.8 Å². The van der Waals surface area contributed by atoms with Crippen LogP contribution in [0.4, 0.5) is 5.69 Å². The SMILES string of the molecule is CCN(CC)CCSc1nccc(C#N)c1N. The third kappa shape index (κ3) is 3.91. The first-order valence-electron chi connectivity index (χ1n) is 5.72. The minimum atomic E-state index is 0.500. The van der Waals surface area contributed by atoms with Gasteiger partial charge in [-0.2, -0.15) is 5.26 Å². The molecule has 1 aromatic heterocycles. The van der Waals surface area contributed by atoms with E-state index in [2.05, 4.69) is 29.8 Å². The van der Waals surface area contributed by atoms with Crippen LogP contribution >= 0.6 is 11.8 Å². The van der Waals surface area contributed by atoms with Crippen LogP contribution in [0.25, 0.3) is 0 Å². The number of hydrogen-bond acceptors (Lipinski definition) is 5. The van der Waals surface area contributed by atoms with Crippen LogP contribution in [-0.4, -0.2) is 35.3 Å². The van der Waals surface area contributed by atoms with Crippen molar-refractivity contribution < 1.29 is 0 Å². The van der Waals surface area contributed by atoms with Crippen LogP contribution in [0.1, 0.15) is 19.4 Å². The van der Waals surface area contributed by atoms with Gasteiger partial charge < -0.3 is 10.6 Å². The first kappa shape index (κ1) is 13.8. The van der Waals surface area contributed by atoms with E-state index in [-0.39, 0.29) is 0 Å². The average Bonchev–Trinajstić information content (AvgIpc) is 2.36. The van der Waals surface area contributed by atoms with E-state index in [9.17, 15) is 0 Å². The highest BCUT2D eigenvalue weighted by Gasteiger charge is 2.07. The smallest absolute Gasteiger partial charge is 0.120 e. The summed E-state index contributed by atoms with van der Waals surface area (Å²) in [6.07, 6.45) is 1.63. The number of hydrogen-bond donors (Lipinski definition) is 1. The Labute approximate surface area is 107 Å². The fraction of sp³-hybridized carbons (Fsp3) is 0.500. The number of thioether (sulfide) groups is 1. The Morgan fingerprint density at radius 3 is 2.76 bits per heavy atom. The van der Waals surface area contributed by atoms with Crippen LogP contribution in [0.15, 0.2) is 17.3 Å². The second-order valence-corrected chi connectivity index (χ2v) is 4.65. The van der Waals surface area contributed by atoms with Crippen molar-refractivity contribution in [3.8, 4) is 6.07 Å². The van der Waals surface area contributed by atoms with Crippen LogP contribution in [0.2, 0.25) is 0 Å². The number of nitrogens with two attached hydrogens (primary N) is 1. The minimum absolute atomic E-state index is 0.500. The molecule has 4 nitrogen and oxygen atoms in total. The molecule has 0 aromatic carbocycles. The summed E-state index contributed by atoms with van der Waals surface area (Å²) in [6.45, 7) is 7.42. The third-order valence-electron chi connectivity index (χ3n) is 2.61. The van der Waals surface area contributed by atoms with Crippen LogP contribution in [0.3, 0.4) is 0 Å². The zero-order valence-corrected chi connectivity index (χ0v) is 11.1. The van der Waals surface area contributed by atoms with E-state index in [0.29, 0.717) is 11.3 Å². The summed E-state index contributed by atoms with van der Waals surface area (Å²) in [4.78, 5) is 6.55. The van der Waals surface area contributed by atoms with E-state index < -0.39 is 0 Å². The number of nitrogen functional groups attached to an aromatic ring is 1. The first-order valence-corrected chi connectivity index (χ1v) is 6.71. The average molecular weight is 250 g/mol. The van der Waals surface area contributed by atoms with Gasteiger partial charge in [0.05, 0.1) is 11.3 Å². The van der Waals surface area contributed by atoms with Crippen molar-refractivity contribution in [1.29, 1.82) is 5.26 Å². The highest BCUT2D eigenvalue weighted by molar-refractivity contribution is 7.99. The molecular formula is C12H18N4S. The highest BCUT2D eigenvalue weighted by Crippen LogP contribution is 2.24. The third-order valence-corrected chi connectivity index (χ3v) is 3.60. The summed E-state index contributed by atoms with van der Waals surface area (Å²) >= 11 is 1.61. The molecule has 0 amide bonds. The standard InChI is InChI=1S/C12H18N4S/c1-3-16(4-2)7-8-17-12-11(14)10(9-13)5-6-15-12/h5-6H,3-4,7-8,14H2,1-2H3. The molecule has 2 N–H and O–H groups in total. The summed E-state index contributed by atoms with van der Waals surface area (Å²) in [5.41, 5.74) is 6.86. The van der Waals surface area contributed by atoms with Crippen LogP contribution in [-0.2, 0) is 0 Å². The van der Waals surface area contributed by atoms with E-state index >= 15 is 0 Å². The zero-order chi connectivity index (χ0) is 12.7. The molecule has 0 saturated heterocycles. The molecule has 1 aromatic rings. The predicted octanol–water partition coefficient (Wildman–Crippen LogP) is 1.97. The lowest BCUT2D eigenvalue weighted by molar-refractivity contribution is 0.324. The lowest BCUT2D eigenvalue weighted by Crippen LogP contribution is -2.25. The van der Waals surface area contributed by atoms with Gasteiger partial charge in [0.1, 0.15) is 11.1 Å². The molecule has 0 aliphatic heterocycles. The molecule has 0 fully saturated rings. The van der Waals surface area contributed by atoms with Crippen LogP contribution < -0.4 is 5.73 Å². The summed E-state index contributed by atoms with van der Waals surface area (Å²) in [6, 6.07) is 3.71. The Morgan fingerprint density at radius 1 is 1.47 bits per heavy atom. The maximum Gasteiger partial charge on any atom is 0.120 e. The molecule has 92 valence electrons. The van der Waals surface area contributed by atoms with Gasteiger partial charge in [0.15, 0.2) is 0 Å². The van der Waals surface area contributed by atoms with E-state index in [0.717, 1.165) is 30.4 Å². The van der Waals surface area contributed by atoms with Crippen LogP contribution in [0.5, 0.6) is 0 Å². The molecule has 0 aliphatic carbocycles. The van der Waals surface area contributed by atoms with E-state index in [1.165, 1.54) is 0 Å². The van der Waals surface area contributed by atoms with Gasteiger partial charge in [-0.05, 0) is 19.2 Å². The number of aromatic nitrogens is 1. The van der Waals surface area contributed by atoms with Gasteiger partial charge in [0, 0.05) is 18.5 Å². The number of nitriles is 1. The topological polar surface area (TPSA) is 65.9 Å². The van der Waals surface area contributed by atoms with Gasteiger partial charge >= 0.3 is 0 Å². The molecule has 0 saturated carbocycles. The van der Waals surface area contributed by atoms with Crippen molar-refractivity contribution in [2.45, 2.75) is 18.9 Å². The van der Waals surface area contributed by atoms with Gasteiger partial charge in [-0.3, -0.25) is 0 Å². The fourth-order valence-corrected chi connectivity index (χ4v) is 2.42. The fourth-order valence-electron chi connectivity index (χ4n) is 1.48. The van der Waals surface area contributed by atoms with E-state index in [4.69, 9.17) is 11.0 Å². The monoisotopic (exact) mass is 250 g/mol. The number of nitrogens with zero attached hydrogens (tertiary/aromatic N) is 3. The molecule has 17 heavy (non-hydrogen) atoms. The maximum absolute atomic E-state index is 8.86. The Balaban J connectivity index is 2.55. The molecule has 1 heterocycles. The van der Waals surface area contributed by atoms with Gasteiger partial charge in [-0.25, -0.2) is 4.98 Å². The molecule has 5 heteroatoms. The van der Waals surface area contributed by atoms with Crippen molar-refractivity contribution in [3.05, 3.63) is 17.8 Å². The Bertz CT molecular complexity index is 396. The summed E-state index contributed by atoms with van der Waals surface area (Å²) in [5.74, 6) is 0.938. The van der Waals surface area contributed by atoms with Gasteiger partial charge in [0.25, 0.3) is 0 Å². The molecule has 0 bridgehead atoms. The molecule has 0 unspecified atom stereocenters. The largest absolute Gasteiger partial charge is 0.395 e. The lowest BCUT2D eigenvalue weighted by atomic mass is 10.2.